The zero-order valence-electron chi connectivity index (χ0n) is 17.3. The fourth-order valence-corrected chi connectivity index (χ4v) is 4.64. The van der Waals surface area contributed by atoms with Gasteiger partial charge >= 0.3 is 0 Å². The molecule has 0 radical (unpaired) electrons. The molecule has 8 heteroatoms. The zero-order valence-corrected chi connectivity index (χ0v) is 18.1. The highest BCUT2D eigenvalue weighted by Gasteiger charge is 2.40. The number of aromatic nitrogens is 2. The van der Waals surface area contributed by atoms with Crippen molar-refractivity contribution in [3.05, 3.63) is 35.2 Å². The Balaban J connectivity index is 1.49. The van der Waals surface area contributed by atoms with Crippen molar-refractivity contribution in [2.45, 2.75) is 12.8 Å². The van der Waals surface area contributed by atoms with E-state index in [1.807, 2.05) is 15.4 Å². The van der Waals surface area contributed by atoms with Gasteiger partial charge in [-0.1, -0.05) is 11.6 Å². The molecule has 158 valence electrons. The maximum absolute atomic E-state index is 13.2. The largest absolute Gasteiger partial charge is 0.379 e. The Labute approximate surface area is 177 Å². The van der Waals surface area contributed by atoms with E-state index < -0.39 is 0 Å². The number of likely N-dealkylation sites (N-methyl/N-ethyl adjacent to an activating group) is 1. The summed E-state index contributed by atoms with van der Waals surface area (Å²) in [7, 11) is 4.21. The number of imidazole rings is 1. The molecule has 4 rings (SSSR count). The lowest BCUT2D eigenvalue weighted by molar-refractivity contribution is 0.00696. The van der Waals surface area contributed by atoms with Crippen LogP contribution < -0.4 is 0 Å². The third kappa shape index (κ3) is 4.74. The Morgan fingerprint density at radius 1 is 1.28 bits per heavy atom. The van der Waals surface area contributed by atoms with E-state index in [1.54, 1.807) is 18.5 Å². The number of likely N-dealkylation sites (tertiary alicyclic amines) is 1. The monoisotopic (exact) mass is 419 g/mol. The summed E-state index contributed by atoms with van der Waals surface area (Å²) in [5.41, 5.74) is 1.21. The summed E-state index contributed by atoms with van der Waals surface area (Å²) in [6, 6.07) is 3.62. The number of nitrogens with zero attached hydrogens (tertiary/aromatic N) is 5. The van der Waals surface area contributed by atoms with Crippen LogP contribution in [0.2, 0.25) is 5.02 Å². The molecule has 1 unspecified atom stereocenters. The van der Waals surface area contributed by atoms with Gasteiger partial charge in [-0.25, -0.2) is 4.98 Å². The number of hydrogen-bond acceptors (Lipinski definition) is 5. The molecule has 2 aromatic heterocycles. The lowest BCUT2D eigenvalue weighted by atomic mass is 9.80. The number of amides is 1. The molecular weight excluding hydrogens is 390 g/mol. The Morgan fingerprint density at radius 3 is 2.97 bits per heavy atom. The summed E-state index contributed by atoms with van der Waals surface area (Å²) < 4.78 is 7.80. The molecule has 1 amide bonds. The van der Waals surface area contributed by atoms with Crippen molar-refractivity contribution in [2.75, 3.05) is 66.6 Å². The predicted octanol–water partition coefficient (Wildman–Crippen LogP) is 2.10. The van der Waals surface area contributed by atoms with E-state index in [2.05, 4.69) is 28.9 Å². The summed E-state index contributed by atoms with van der Waals surface area (Å²) in [4.78, 5) is 24.4. The van der Waals surface area contributed by atoms with Crippen molar-refractivity contribution in [3.63, 3.8) is 0 Å². The Hall–Kier alpha value is -1.67. The van der Waals surface area contributed by atoms with Gasteiger partial charge in [-0.2, -0.15) is 0 Å². The SMILES string of the molecule is CN(C)CCN1CCOCC2(CCCN(C(=O)c3cn4cc(Cl)ccc4n3)C2)C1. The third-order valence-corrected chi connectivity index (χ3v) is 6.19. The van der Waals surface area contributed by atoms with Gasteiger partial charge in [0.15, 0.2) is 0 Å². The highest BCUT2D eigenvalue weighted by atomic mass is 35.5. The number of ether oxygens (including phenoxy) is 1. The topological polar surface area (TPSA) is 53.3 Å². The van der Waals surface area contributed by atoms with E-state index in [1.165, 1.54) is 0 Å². The first-order valence-electron chi connectivity index (χ1n) is 10.3. The molecule has 1 spiro atoms. The van der Waals surface area contributed by atoms with Crippen LogP contribution in [0.1, 0.15) is 23.3 Å². The van der Waals surface area contributed by atoms with E-state index in [0.29, 0.717) is 10.7 Å². The molecule has 2 aromatic rings. The van der Waals surface area contributed by atoms with E-state index >= 15 is 0 Å². The number of hydrogen-bond donors (Lipinski definition) is 0. The molecule has 1 atom stereocenters. The average molecular weight is 420 g/mol. The van der Waals surface area contributed by atoms with E-state index in [9.17, 15) is 4.79 Å². The summed E-state index contributed by atoms with van der Waals surface area (Å²) in [5, 5.41) is 0.624. The number of piperidine rings is 1. The molecule has 0 aromatic carbocycles. The first kappa shape index (κ1) is 20.6. The van der Waals surface area contributed by atoms with Crippen molar-refractivity contribution in [1.29, 1.82) is 0 Å². The fraction of sp³-hybridized carbons (Fsp3) is 0.619. The number of halogens is 1. The number of pyridine rings is 1. The first-order valence-corrected chi connectivity index (χ1v) is 10.7. The van der Waals surface area contributed by atoms with E-state index in [-0.39, 0.29) is 11.3 Å². The summed E-state index contributed by atoms with van der Waals surface area (Å²) in [5.74, 6) is -0.00649. The molecule has 0 aliphatic carbocycles. The van der Waals surface area contributed by atoms with E-state index in [0.717, 1.165) is 71.0 Å². The zero-order chi connectivity index (χ0) is 20.4. The minimum Gasteiger partial charge on any atom is -0.379 e. The van der Waals surface area contributed by atoms with Gasteiger partial charge in [0, 0.05) is 57.1 Å². The lowest BCUT2D eigenvalue weighted by Crippen LogP contribution is -2.52. The van der Waals surface area contributed by atoms with Crippen molar-refractivity contribution in [3.8, 4) is 0 Å². The first-order chi connectivity index (χ1) is 13.9. The standard InChI is InChI=1S/C21H30ClN5O2/c1-24(2)8-9-25-10-11-29-16-21(14-25)6-3-7-26(15-21)20(28)18-13-27-12-17(22)4-5-19(27)23-18/h4-5,12-13H,3,6-11,14-16H2,1-2H3. The van der Waals surface area contributed by atoms with Gasteiger partial charge in [-0.15, -0.1) is 0 Å². The van der Waals surface area contributed by atoms with Gasteiger partial charge in [0.25, 0.3) is 5.91 Å². The van der Waals surface area contributed by atoms with Gasteiger partial charge in [-0.05, 0) is 39.1 Å². The number of carbonyl (C=O) groups excluding carboxylic acids is 1. The Morgan fingerprint density at radius 2 is 2.14 bits per heavy atom. The molecule has 2 saturated heterocycles. The van der Waals surface area contributed by atoms with Crippen LogP contribution in [0.3, 0.4) is 0 Å². The van der Waals surface area contributed by atoms with Crippen molar-refractivity contribution < 1.29 is 9.53 Å². The van der Waals surface area contributed by atoms with Crippen LogP contribution in [-0.2, 0) is 4.74 Å². The lowest BCUT2D eigenvalue weighted by Gasteiger charge is -2.43. The van der Waals surface area contributed by atoms with Crippen LogP contribution in [0.25, 0.3) is 5.65 Å². The van der Waals surface area contributed by atoms with Crippen LogP contribution >= 0.6 is 11.6 Å². The molecule has 2 aliphatic rings. The molecule has 2 aliphatic heterocycles. The molecule has 0 N–H and O–H groups in total. The molecule has 4 heterocycles. The molecule has 29 heavy (non-hydrogen) atoms. The van der Waals surface area contributed by atoms with Crippen LogP contribution in [0.4, 0.5) is 0 Å². The third-order valence-electron chi connectivity index (χ3n) is 5.97. The smallest absolute Gasteiger partial charge is 0.274 e. The highest BCUT2D eigenvalue weighted by Crippen LogP contribution is 2.33. The van der Waals surface area contributed by atoms with Gasteiger partial charge in [0.2, 0.25) is 0 Å². The molecular formula is C21H30ClN5O2. The number of carbonyl (C=O) groups is 1. The Bertz CT molecular complexity index is 870. The molecule has 0 saturated carbocycles. The minimum absolute atomic E-state index is 0.000804. The summed E-state index contributed by atoms with van der Waals surface area (Å²) >= 11 is 6.06. The van der Waals surface area contributed by atoms with Crippen LogP contribution in [0.5, 0.6) is 0 Å². The van der Waals surface area contributed by atoms with Gasteiger partial charge in [0.05, 0.1) is 18.2 Å². The molecule has 7 nitrogen and oxygen atoms in total. The second-order valence-corrected chi connectivity index (χ2v) is 9.14. The highest BCUT2D eigenvalue weighted by molar-refractivity contribution is 6.30. The number of fused-ring (bicyclic) bond motifs is 1. The van der Waals surface area contributed by atoms with Crippen LogP contribution in [-0.4, -0.2) is 96.6 Å². The second-order valence-electron chi connectivity index (χ2n) is 8.70. The average Bonchev–Trinajstić information content (AvgIpc) is 3.02. The minimum atomic E-state index is -0.00649. The maximum Gasteiger partial charge on any atom is 0.274 e. The quantitative estimate of drug-likeness (QED) is 0.759. The second kappa shape index (κ2) is 8.60. The maximum atomic E-state index is 13.2. The summed E-state index contributed by atoms with van der Waals surface area (Å²) in [6.07, 6.45) is 5.64. The van der Waals surface area contributed by atoms with E-state index in [4.69, 9.17) is 16.3 Å². The Kier molecular flexibility index (Phi) is 6.11. The van der Waals surface area contributed by atoms with Gasteiger partial charge in [-0.3, -0.25) is 9.69 Å². The van der Waals surface area contributed by atoms with Gasteiger partial charge in [0.1, 0.15) is 11.3 Å². The van der Waals surface area contributed by atoms with Crippen LogP contribution in [0.15, 0.2) is 24.5 Å². The summed E-state index contributed by atoms with van der Waals surface area (Å²) in [6.45, 7) is 6.96. The van der Waals surface area contributed by atoms with Crippen molar-refractivity contribution in [1.82, 2.24) is 24.1 Å². The number of rotatable bonds is 4. The van der Waals surface area contributed by atoms with Crippen molar-refractivity contribution in [2.24, 2.45) is 5.41 Å². The fourth-order valence-electron chi connectivity index (χ4n) is 4.47. The molecule has 2 fully saturated rings. The van der Waals surface area contributed by atoms with Crippen molar-refractivity contribution >= 4 is 23.2 Å². The van der Waals surface area contributed by atoms with Crippen LogP contribution in [0, 0.1) is 5.41 Å². The van der Waals surface area contributed by atoms with Gasteiger partial charge < -0.3 is 18.9 Å². The predicted molar refractivity (Wildman–Crippen MR) is 114 cm³/mol. The molecule has 0 bridgehead atoms. The normalized spacial score (nSPS) is 23.8.